The normalized spacial score (nSPS) is 11.9. The first-order valence-electron chi connectivity index (χ1n) is 9.15. The predicted molar refractivity (Wildman–Crippen MR) is 118 cm³/mol. The first-order valence-corrected chi connectivity index (χ1v) is 10.3. The third-order valence-corrected chi connectivity index (χ3v) is 5.84. The molecule has 4 rings (SSSR count). The van der Waals surface area contributed by atoms with Gasteiger partial charge in [0, 0.05) is 28.9 Å². The van der Waals surface area contributed by atoms with E-state index in [0.29, 0.717) is 22.1 Å². The minimum atomic E-state index is -0.897. The fraction of sp³-hybridized carbons (Fsp3) is 0.136. The number of hydrogen-bond acceptors (Lipinski definition) is 4. The Labute approximate surface area is 176 Å². The lowest BCUT2D eigenvalue weighted by Crippen LogP contribution is -1.97. The van der Waals surface area contributed by atoms with Crippen molar-refractivity contribution in [2.75, 3.05) is 0 Å². The van der Waals surface area contributed by atoms with Gasteiger partial charge in [-0.1, -0.05) is 35.9 Å². The lowest BCUT2D eigenvalue weighted by Gasteiger charge is -2.03. The molecule has 29 heavy (non-hydrogen) atoms. The molecule has 0 atom stereocenters. The lowest BCUT2D eigenvalue weighted by atomic mass is 10.0. The molecular weight excluding hydrogens is 406 g/mol. The topological polar surface area (TPSA) is 68.0 Å². The van der Waals surface area contributed by atoms with E-state index in [0.717, 1.165) is 27.0 Å². The standard InChI is InChI=1S/C22H18ClN3O2S/c1-2-26-13-16(21(25-26)14-7-9-17(23)10-8-14)11-15(12-20(27)28)22-24-18-5-3-4-6-19(18)29-22/h3-11,13H,2,12H2,1H3,(H,27,28)/b15-11+. The van der Waals surface area contributed by atoms with Crippen LogP contribution in [0.15, 0.2) is 54.7 Å². The van der Waals surface area contributed by atoms with Gasteiger partial charge in [0.15, 0.2) is 0 Å². The van der Waals surface area contributed by atoms with Gasteiger partial charge in [-0.2, -0.15) is 5.10 Å². The van der Waals surface area contributed by atoms with E-state index in [4.69, 9.17) is 11.6 Å². The van der Waals surface area contributed by atoms with Crippen molar-refractivity contribution in [1.82, 2.24) is 14.8 Å². The van der Waals surface area contributed by atoms with Crippen LogP contribution in [0.5, 0.6) is 0 Å². The molecule has 0 bridgehead atoms. The van der Waals surface area contributed by atoms with Crippen LogP contribution in [-0.4, -0.2) is 25.8 Å². The molecule has 0 aliphatic heterocycles. The third kappa shape index (κ3) is 4.23. The molecule has 0 unspecified atom stereocenters. The number of benzene rings is 2. The molecule has 7 heteroatoms. The highest BCUT2D eigenvalue weighted by molar-refractivity contribution is 7.19. The molecule has 2 aromatic carbocycles. The molecule has 2 heterocycles. The summed E-state index contributed by atoms with van der Waals surface area (Å²) >= 11 is 7.52. The summed E-state index contributed by atoms with van der Waals surface area (Å²) in [5.41, 5.74) is 4.08. The Morgan fingerprint density at radius 3 is 2.66 bits per heavy atom. The van der Waals surface area contributed by atoms with Gasteiger partial charge in [0.1, 0.15) is 5.01 Å². The Morgan fingerprint density at radius 1 is 1.21 bits per heavy atom. The molecular formula is C22H18ClN3O2S. The summed E-state index contributed by atoms with van der Waals surface area (Å²) in [4.78, 5) is 16.2. The van der Waals surface area contributed by atoms with Crippen molar-refractivity contribution < 1.29 is 9.90 Å². The molecule has 146 valence electrons. The van der Waals surface area contributed by atoms with Gasteiger partial charge in [-0.15, -0.1) is 11.3 Å². The van der Waals surface area contributed by atoms with Gasteiger partial charge in [-0.25, -0.2) is 4.98 Å². The number of carbonyl (C=O) groups is 1. The number of aliphatic carboxylic acids is 1. The van der Waals surface area contributed by atoms with Crippen molar-refractivity contribution in [3.05, 3.63) is 70.3 Å². The average Bonchev–Trinajstić information content (AvgIpc) is 3.31. The fourth-order valence-electron chi connectivity index (χ4n) is 3.09. The van der Waals surface area contributed by atoms with Gasteiger partial charge >= 0.3 is 5.97 Å². The Hall–Kier alpha value is -2.96. The molecule has 0 amide bonds. The fourth-order valence-corrected chi connectivity index (χ4v) is 4.19. The summed E-state index contributed by atoms with van der Waals surface area (Å²) in [6.07, 6.45) is 3.70. The minimum absolute atomic E-state index is 0.114. The summed E-state index contributed by atoms with van der Waals surface area (Å²) in [6, 6.07) is 15.3. The number of rotatable bonds is 6. The highest BCUT2D eigenvalue weighted by atomic mass is 35.5. The SMILES string of the molecule is CCn1cc(/C=C(\CC(=O)O)c2nc3ccccc3s2)c(-c2ccc(Cl)cc2)n1. The van der Waals surface area contributed by atoms with Crippen LogP contribution in [0.1, 0.15) is 23.9 Å². The molecule has 1 N–H and O–H groups in total. The van der Waals surface area contributed by atoms with Crippen molar-refractivity contribution in [2.45, 2.75) is 19.9 Å². The monoisotopic (exact) mass is 423 g/mol. The number of halogens is 1. The summed E-state index contributed by atoms with van der Waals surface area (Å²) < 4.78 is 2.87. The Kier molecular flexibility index (Phi) is 5.47. The van der Waals surface area contributed by atoms with Gasteiger partial charge in [-0.05, 0) is 42.8 Å². The molecule has 0 aliphatic rings. The minimum Gasteiger partial charge on any atom is -0.481 e. The van der Waals surface area contributed by atoms with Crippen LogP contribution in [0, 0.1) is 0 Å². The van der Waals surface area contributed by atoms with Crippen molar-refractivity contribution >= 4 is 50.8 Å². The maximum Gasteiger partial charge on any atom is 0.307 e. The highest BCUT2D eigenvalue weighted by Gasteiger charge is 2.16. The number of aromatic nitrogens is 3. The van der Waals surface area contributed by atoms with E-state index in [1.54, 1.807) is 0 Å². The highest BCUT2D eigenvalue weighted by Crippen LogP contribution is 2.32. The van der Waals surface area contributed by atoms with E-state index in [1.807, 2.05) is 72.4 Å². The van der Waals surface area contributed by atoms with E-state index >= 15 is 0 Å². The van der Waals surface area contributed by atoms with Crippen LogP contribution in [0.25, 0.3) is 33.1 Å². The molecule has 2 aromatic heterocycles. The van der Waals surface area contributed by atoms with Crippen molar-refractivity contribution in [2.24, 2.45) is 0 Å². The predicted octanol–water partition coefficient (Wildman–Crippen LogP) is 5.85. The second-order valence-electron chi connectivity index (χ2n) is 6.52. The van der Waals surface area contributed by atoms with Crippen molar-refractivity contribution in [3.63, 3.8) is 0 Å². The van der Waals surface area contributed by atoms with Crippen LogP contribution in [-0.2, 0) is 11.3 Å². The largest absolute Gasteiger partial charge is 0.481 e. The molecule has 0 saturated heterocycles. The molecule has 0 fully saturated rings. The van der Waals surface area contributed by atoms with Crippen molar-refractivity contribution in [1.29, 1.82) is 0 Å². The summed E-state index contributed by atoms with van der Waals surface area (Å²) in [6.45, 7) is 2.72. The first-order chi connectivity index (χ1) is 14.0. The van der Waals surface area contributed by atoms with Gasteiger partial charge < -0.3 is 5.11 Å². The maximum atomic E-state index is 11.5. The second kappa shape index (κ2) is 8.19. The summed E-state index contributed by atoms with van der Waals surface area (Å²) in [5.74, 6) is -0.897. The molecule has 0 aliphatic carbocycles. The quantitative estimate of drug-likeness (QED) is 0.422. The zero-order chi connectivity index (χ0) is 20.4. The Morgan fingerprint density at radius 2 is 1.97 bits per heavy atom. The van der Waals surface area contributed by atoms with Crippen LogP contribution < -0.4 is 0 Å². The van der Waals surface area contributed by atoms with E-state index in [1.165, 1.54) is 11.3 Å². The summed E-state index contributed by atoms with van der Waals surface area (Å²) in [5, 5.41) is 15.5. The van der Waals surface area contributed by atoms with E-state index in [-0.39, 0.29) is 6.42 Å². The first kappa shape index (κ1) is 19.4. The molecule has 0 saturated carbocycles. The number of carboxylic acid groups (broad SMARTS) is 1. The van der Waals surface area contributed by atoms with Crippen LogP contribution >= 0.6 is 22.9 Å². The molecule has 5 nitrogen and oxygen atoms in total. The lowest BCUT2D eigenvalue weighted by molar-refractivity contribution is -0.135. The van der Waals surface area contributed by atoms with Crippen LogP contribution in [0.3, 0.4) is 0 Å². The van der Waals surface area contributed by atoms with E-state index < -0.39 is 5.97 Å². The zero-order valence-electron chi connectivity index (χ0n) is 15.7. The zero-order valence-corrected chi connectivity index (χ0v) is 17.2. The number of aryl methyl sites for hydroxylation is 1. The number of thiazole rings is 1. The number of carboxylic acids is 1. The molecule has 0 radical (unpaired) electrons. The smallest absolute Gasteiger partial charge is 0.307 e. The maximum absolute atomic E-state index is 11.5. The van der Waals surface area contributed by atoms with Crippen molar-refractivity contribution in [3.8, 4) is 11.3 Å². The third-order valence-electron chi connectivity index (χ3n) is 4.47. The van der Waals surface area contributed by atoms with Crippen LogP contribution in [0.4, 0.5) is 0 Å². The van der Waals surface area contributed by atoms with E-state index in [9.17, 15) is 9.90 Å². The molecule has 4 aromatic rings. The second-order valence-corrected chi connectivity index (χ2v) is 7.99. The average molecular weight is 424 g/mol. The summed E-state index contributed by atoms with van der Waals surface area (Å²) in [7, 11) is 0. The van der Waals surface area contributed by atoms with Gasteiger partial charge in [0.05, 0.1) is 22.3 Å². The Balaban J connectivity index is 1.84. The number of hydrogen-bond donors (Lipinski definition) is 1. The molecule has 0 spiro atoms. The number of fused-ring (bicyclic) bond motifs is 1. The van der Waals surface area contributed by atoms with E-state index in [2.05, 4.69) is 10.1 Å². The van der Waals surface area contributed by atoms with Gasteiger partial charge in [-0.3, -0.25) is 9.48 Å². The van der Waals surface area contributed by atoms with Crippen LogP contribution in [0.2, 0.25) is 5.02 Å². The van der Waals surface area contributed by atoms with Gasteiger partial charge in [0.2, 0.25) is 0 Å². The Bertz CT molecular complexity index is 1180. The number of para-hydroxylation sites is 1. The number of nitrogens with zero attached hydrogens (tertiary/aromatic N) is 3. The van der Waals surface area contributed by atoms with Gasteiger partial charge in [0.25, 0.3) is 0 Å².